The highest BCUT2D eigenvalue weighted by atomic mass is 19.1. The van der Waals surface area contributed by atoms with Gasteiger partial charge < -0.3 is 40.1 Å². The van der Waals surface area contributed by atoms with Crippen LogP contribution >= 0.6 is 0 Å². The number of primary amides is 2. The number of rotatable bonds is 27. The van der Waals surface area contributed by atoms with Crippen molar-refractivity contribution in [3.8, 4) is 28.7 Å². The summed E-state index contributed by atoms with van der Waals surface area (Å²) in [6, 6.07) is 30.8. The second kappa shape index (κ2) is 43.0. The normalized spacial score (nSPS) is 12.1. The highest BCUT2D eigenvalue weighted by Gasteiger charge is 2.19. The number of benzene rings is 5. The Kier molecular flexibility index (Phi) is 37.9. The van der Waals surface area contributed by atoms with Gasteiger partial charge in [0, 0.05) is 54.8 Å². The van der Waals surface area contributed by atoms with Crippen molar-refractivity contribution in [2.75, 3.05) is 40.5 Å². The molecule has 0 aliphatic rings. The van der Waals surface area contributed by atoms with E-state index in [1.165, 1.54) is 17.0 Å². The standard InChI is InChI=1S/C18H25FO2.C17H23FO2.C14H17F2NO2.2C12H14FNO2/c1-6-14(12-19)13(2)21-16-9-7-15(8-10-16)17(20)11-18(3,4)5;1-5-13(11-18)12-20-15-8-6-14(7-9-15)16(19)10-17(2,3)4;1-4-10(8-15)9-19-13-6-5-11(7-12(13)16)14(18)17(2)3;2*1-2-9(7-13)8-16-11-5-3-10(4-6-11)12(14)15/h7-10,12-13H,6,11H2,1-5H3;6-9,11H,5,10,12H2,1-4H3;5-8H,4,9H2,1-3H3;2*3-7H,2,8H2,1H3,(H2,14,15)/b14-12+;13-11-;10-8-;9-7+;9-7-. The molecule has 0 spiro atoms. The Morgan fingerprint density at radius 2 is 0.750 bits per heavy atom. The van der Waals surface area contributed by atoms with Crippen molar-refractivity contribution in [3.05, 3.63) is 208 Å². The largest absolute Gasteiger partial charge is 0.489 e. The average Bonchev–Trinajstić information content (AvgIpc) is 1.52. The third-order valence-corrected chi connectivity index (χ3v) is 13.1. The van der Waals surface area contributed by atoms with Gasteiger partial charge in [-0.15, -0.1) is 0 Å². The van der Waals surface area contributed by atoms with Gasteiger partial charge in [0.2, 0.25) is 11.8 Å². The van der Waals surface area contributed by atoms with Crippen LogP contribution in [-0.2, 0) is 0 Å². The average molecular weight is 1290 g/mol. The summed E-state index contributed by atoms with van der Waals surface area (Å²) in [4.78, 5) is 58.7. The Labute approximate surface area is 540 Å². The molecule has 0 fully saturated rings. The van der Waals surface area contributed by atoms with Gasteiger partial charge in [-0.25, -0.2) is 26.3 Å². The van der Waals surface area contributed by atoms with E-state index in [-0.39, 0.29) is 72.1 Å². The molecule has 0 bridgehead atoms. The number of halogens is 6. The Morgan fingerprint density at radius 3 is 1.01 bits per heavy atom. The lowest BCUT2D eigenvalue weighted by molar-refractivity contribution is 0.0825. The first-order valence-corrected chi connectivity index (χ1v) is 30.1. The van der Waals surface area contributed by atoms with Gasteiger partial charge in [-0.3, -0.25) is 24.0 Å². The molecule has 5 aromatic rings. The van der Waals surface area contributed by atoms with Crippen LogP contribution in [0, 0.1) is 16.6 Å². The van der Waals surface area contributed by atoms with E-state index in [4.69, 9.17) is 35.2 Å². The van der Waals surface area contributed by atoms with E-state index >= 15 is 0 Å². The van der Waals surface area contributed by atoms with Crippen LogP contribution in [0.15, 0.2) is 175 Å². The maximum absolute atomic E-state index is 13.7. The summed E-state index contributed by atoms with van der Waals surface area (Å²) >= 11 is 0. The second-order valence-corrected chi connectivity index (χ2v) is 23.4. The zero-order chi connectivity index (χ0) is 69.6. The number of carbonyl (C=O) groups excluding carboxylic acids is 5. The molecule has 0 saturated heterocycles. The molecule has 5 aromatic carbocycles. The molecular formula is C73H93F6N3O10. The molecule has 5 rings (SSSR count). The molecule has 1 unspecified atom stereocenters. The van der Waals surface area contributed by atoms with Crippen LogP contribution in [0.4, 0.5) is 26.3 Å². The Bertz CT molecular complexity index is 3140. The minimum absolute atomic E-state index is 0.00288. The van der Waals surface area contributed by atoms with Gasteiger partial charge in [0.25, 0.3) is 5.91 Å². The lowest BCUT2D eigenvalue weighted by Crippen LogP contribution is -2.21. The van der Waals surface area contributed by atoms with E-state index in [1.54, 1.807) is 118 Å². The molecule has 502 valence electrons. The molecule has 0 aromatic heterocycles. The second-order valence-electron chi connectivity index (χ2n) is 23.4. The molecule has 13 nitrogen and oxygen atoms in total. The van der Waals surface area contributed by atoms with Crippen LogP contribution < -0.4 is 35.2 Å². The highest BCUT2D eigenvalue weighted by molar-refractivity contribution is 5.97. The third kappa shape index (κ3) is 32.7. The van der Waals surface area contributed by atoms with Gasteiger partial charge in [0.05, 0.1) is 31.6 Å². The SMILES string of the molecule is CC/C(=C/F)COc1ccc(C(=O)CC(C)(C)C)cc1.CC/C(=C/F)COc1ccc(C(=O)N(C)C)cc1F.CC/C(=C/F)COc1ccc(C(N)=O)cc1.CC/C(=C\F)C(C)Oc1ccc(C(=O)CC(C)(C)C)cc1.CC/C(=C\F)COc1ccc(C(N)=O)cc1. The van der Waals surface area contributed by atoms with E-state index in [9.17, 15) is 50.3 Å². The number of hydrogen-bond donors (Lipinski definition) is 2. The zero-order valence-electron chi connectivity index (χ0n) is 55.7. The smallest absolute Gasteiger partial charge is 0.253 e. The number of nitrogens with zero attached hydrogens (tertiary/aromatic N) is 1. The first-order chi connectivity index (χ1) is 43.4. The van der Waals surface area contributed by atoms with Crippen LogP contribution in [0.2, 0.25) is 0 Å². The van der Waals surface area contributed by atoms with E-state index in [0.717, 1.165) is 6.07 Å². The van der Waals surface area contributed by atoms with Crippen molar-refractivity contribution in [1.82, 2.24) is 4.90 Å². The number of nitrogens with two attached hydrogens (primary N) is 2. The fourth-order valence-corrected chi connectivity index (χ4v) is 7.34. The van der Waals surface area contributed by atoms with Crippen LogP contribution in [0.1, 0.15) is 180 Å². The van der Waals surface area contributed by atoms with Gasteiger partial charge in [-0.05, 0) is 193 Å². The molecule has 4 N–H and O–H groups in total. The summed E-state index contributed by atoms with van der Waals surface area (Å²) in [6.07, 6.45) is 6.41. The quantitative estimate of drug-likeness (QED) is 0.0378. The molecule has 19 heteroatoms. The maximum Gasteiger partial charge on any atom is 0.253 e. The highest BCUT2D eigenvalue weighted by Crippen LogP contribution is 2.26. The Morgan fingerprint density at radius 1 is 0.446 bits per heavy atom. The lowest BCUT2D eigenvalue weighted by atomic mass is 9.88. The third-order valence-electron chi connectivity index (χ3n) is 13.1. The molecule has 0 aliphatic carbocycles. The van der Waals surface area contributed by atoms with Crippen LogP contribution in [0.3, 0.4) is 0 Å². The summed E-state index contributed by atoms with van der Waals surface area (Å²) < 4.78 is 103. The lowest BCUT2D eigenvalue weighted by Gasteiger charge is -2.18. The number of Topliss-reactive ketones (excluding diaryl/α,β-unsaturated/α-hetero) is 2. The topological polar surface area (TPSA) is 187 Å². The molecule has 0 aliphatic heterocycles. The molecule has 92 heavy (non-hydrogen) atoms. The summed E-state index contributed by atoms with van der Waals surface area (Å²) in [5.74, 6) is 0.813. The Hall–Kier alpha value is -8.87. The molecular weight excluding hydrogens is 1190 g/mol. The molecule has 0 saturated carbocycles. The van der Waals surface area contributed by atoms with E-state index < -0.39 is 17.6 Å². The van der Waals surface area contributed by atoms with Gasteiger partial charge in [0.1, 0.15) is 55.5 Å². The molecule has 3 amide bonds. The first-order valence-electron chi connectivity index (χ1n) is 30.1. The van der Waals surface area contributed by atoms with Crippen molar-refractivity contribution < 1.29 is 74.0 Å². The van der Waals surface area contributed by atoms with Gasteiger partial charge in [-0.2, -0.15) is 0 Å². The van der Waals surface area contributed by atoms with Crippen molar-refractivity contribution in [1.29, 1.82) is 0 Å². The molecule has 0 heterocycles. The van der Waals surface area contributed by atoms with Crippen molar-refractivity contribution >= 4 is 29.3 Å². The first kappa shape index (κ1) is 81.1. The molecule has 1 atom stereocenters. The predicted molar refractivity (Wildman–Crippen MR) is 354 cm³/mol. The van der Waals surface area contributed by atoms with E-state index in [1.807, 2.05) is 76.2 Å². The summed E-state index contributed by atoms with van der Waals surface area (Å²) in [6.45, 7) is 24.0. The van der Waals surface area contributed by atoms with E-state index in [0.29, 0.717) is 150 Å². The monoisotopic (exact) mass is 1290 g/mol. The number of carbonyl (C=O) groups is 5. The fraction of sp³-hybridized carbons (Fsp3) is 0.384. The van der Waals surface area contributed by atoms with Crippen LogP contribution in [-0.4, -0.2) is 80.8 Å². The van der Waals surface area contributed by atoms with Crippen LogP contribution in [0.25, 0.3) is 0 Å². The maximum atomic E-state index is 13.7. The van der Waals surface area contributed by atoms with Gasteiger partial charge in [0.15, 0.2) is 23.1 Å². The van der Waals surface area contributed by atoms with E-state index in [2.05, 4.69) is 0 Å². The van der Waals surface area contributed by atoms with Crippen LogP contribution in [0.5, 0.6) is 28.7 Å². The number of hydrogen-bond acceptors (Lipinski definition) is 10. The number of ether oxygens (including phenoxy) is 5. The summed E-state index contributed by atoms with van der Waals surface area (Å²) in [5.41, 5.74) is 15.4. The van der Waals surface area contributed by atoms with Gasteiger partial charge >= 0.3 is 0 Å². The zero-order valence-corrected chi connectivity index (χ0v) is 55.7. The number of amides is 3. The van der Waals surface area contributed by atoms with Crippen molar-refractivity contribution in [2.24, 2.45) is 22.3 Å². The summed E-state index contributed by atoms with van der Waals surface area (Å²) in [5, 5.41) is 0. The predicted octanol–water partition coefficient (Wildman–Crippen LogP) is 18.3. The van der Waals surface area contributed by atoms with Crippen molar-refractivity contribution in [3.63, 3.8) is 0 Å². The minimum atomic E-state index is -0.637. The van der Waals surface area contributed by atoms with Gasteiger partial charge in [-0.1, -0.05) is 76.2 Å². The van der Waals surface area contributed by atoms with Crippen molar-refractivity contribution in [2.45, 2.75) is 134 Å². The number of ketones is 2. The Balaban J connectivity index is 0.000000577. The molecule has 0 radical (unpaired) electrons. The summed E-state index contributed by atoms with van der Waals surface area (Å²) in [7, 11) is 3.18. The minimum Gasteiger partial charge on any atom is -0.489 e. The fourth-order valence-electron chi connectivity index (χ4n) is 7.34.